The lowest BCUT2D eigenvalue weighted by atomic mass is 10.1. The third-order valence-corrected chi connectivity index (χ3v) is 3.26. The number of methoxy groups -OCH3 is 1. The Labute approximate surface area is 123 Å². The normalized spacial score (nSPS) is 10.8. The standard InChI is InChI=1S/C16H28N2O2/c1-5-20-11-9-18(3)16-7-6-15(12-14(16)2)13-17-8-10-19-4/h6-7,12,17H,5,8-11,13H2,1-4H3. The van der Waals surface area contributed by atoms with Gasteiger partial charge in [-0.05, 0) is 31.0 Å². The van der Waals surface area contributed by atoms with Gasteiger partial charge in [-0.25, -0.2) is 0 Å². The van der Waals surface area contributed by atoms with Crippen LogP contribution in [0, 0.1) is 6.92 Å². The Morgan fingerprint density at radius 1 is 1.25 bits per heavy atom. The van der Waals surface area contributed by atoms with Gasteiger partial charge >= 0.3 is 0 Å². The van der Waals surface area contributed by atoms with Crippen molar-refractivity contribution in [3.05, 3.63) is 29.3 Å². The van der Waals surface area contributed by atoms with Crippen LogP contribution in [0.3, 0.4) is 0 Å². The molecule has 0 saturated heterocycles. The summed E-state index contributed by atoms with van der Waals surface area (Å²) in [5, 5.41) is 3.36. The highest BCUT2D eigenvalue weighted by Crippen LogP contribution is 2.20. The van der Waals surface area contributed by atoms with E-state index in [0.717, 1.165) is 39.5 Å². The maximum absolute atomic E-state index is 5.40. The van der Waals surface area contributed by atoms with E-state index < -0.39 is 0 Å². The second kappa shape index (κ2) is 9.75. The third kappa shape index (κ3) is 5.90. The van der Waals surface area contributed by atoms with E-state index in [-0.39, 0.29) is 0 Å². The van der Waals surface area contributed by atoms with Crippen molar-refractivity contribution in [3.63, 3.8) is 0 Å². The summed E-state index contributed by atoms with van der Waals surface area (Å²) in [5.74, 6) is 0. The lowest BCUT2D eigenvalue weighted by Crippen LogP contribution is -2.23. The van der Waals surface area contributed by atoms with Crippen LogP contribution in [0.15, 0.2) is 18.2 Å². The Balaban J connectivity index is 2.49. The van der Waals surface area contributed by atoms with Gasteiger partial charge in [0.2, 0.25) is 0 Å². The number of rotatable bonds is 10. The van der Waals surface area contributed by atoms with Gasteiger partial charge in [0, 0.05) is 46.1 Å². The molecule has 0 aliphatic rings. The van der Waals surface area contributed by atoms with Gasteiger partial charge in [-0.3, -0.25) is 0 Å². The first-order valence-electron chi connectivity index (χ1n) is 7.27. The average Bonchev–Trinajstić information content (AvgIpc) is 2.44. The number of benzene rings is 1. The number of likely N-dealkylation sites (N-methyl/N-ethyl adjacent to an activating group) is 1. The van der Waals surface area contributed by atoms with E-state index in [1.807, 2.05) is 6.92 Å². The van der Waals surface area contributed by atoms with E-state index in [1.54, 1.807) is 7.11 Å². The number of aryl methyl sites for hydroxylation is 1. The van der Waals surface area contributed by atoms with Gasteiger partial charge in [-0.2, -0.15) is 0 Å². The lowest BCUT2D eigenvalue weighted by molar-refractivity contribution is 0.154. The smallest absolute Gasteiger partial charge is 0.0641 e. The molecule has 0 aromatic heterocycles. The molecule has 0 bridgehead atoms. The average molecular weight is 280 g/mol. The number of nitrogens with zero attached hydrogens (tertiary/aromatic N) is 1. The molecule has 0 spiro atoms. The van der Waals surface area contributed by atoms with Gasteiger partial charge < -0.3 is 19.7 Å². The summed E-state index contributed by atoms with van der Waals surface area (Å²) in [6.45, 7) is 9.16. The minimum atomic E-state index is 0.747. The van der Waals surface area contributed by atoms with Crippen molar-refractivity contribution in [3.8, 4) is 0 Å². The van der Waals surface area contributed by atoms with Crippen LogP contribution in [0.1, 0.15) is 18.1 Å². The minimum Gasteiger partial charge on any atom is -0.383 e. The monoisotopic (exact) mass is 280 g/mol. The van der Waals surface area contributed by atoms with Crippen LogP contribution in [-0.4, -0.2) is 47.1 Å². The summed E-state index contributed by atoms with van der Waals surface area (Å²) in [6, 6.07) is 6.61. The molecule has 0 atom stereocenters. The van der Waals surface area contributed by atoms with Gasteiger partial charge in [-0.15, -0.1) is 0 Å². The molecule has 0 aliphatic carbocycles. The van der Waals surface area contributed by atoms with Crippen molar-refractivity contribution < 1.29 is 9.47 Å². The van der Waals surface area contributed by atoms with Crippen molar-refractivity contribution in [2.45, 2.75) is 20.4 Å². The Morgan fingerprint density at radius 3 is 2.70 bits per heavy atom. The molecule has 4 nitrogen and oxygen atoms in total. The van der Waals surface area contributed by atoms with Crippen molar-refractivity contribution >= 4 is 5.69 Å². The largest absolute Gasteiger partial charge is 0.383 e. The first-order chi connectivity index (χ1) is 9.69. The molecule has 0 aliphatic heterocycles. The maximum Gasteiger partial charge on any atom is 0.0641 e. The molecule has 1 aromatic rings. The zero-order chi connectivity index (χ0) is 14.8. The van der Waals surface area contributed by atoms with Crippen molar-refractivity contribution in [2.75, 3.05) is 52.0 Å². The van der Waals surface area contributed by atoms with Gasteiger partial charge in [0.05, 0.1) is 13.2 Å². The second-order valence-corrected chi connectivity index (χ2v) is 4.91. The van der Waals surface area contributed by atoms with E-state index in [4.69, 9.17) is 9.47 Å². The van der Waals surface area contributed by atoms with Crippen LogP contribution in [0.5, 0.6) is 0 Å². The second-order valence-electron chi connectivity index (χ2n) is 4.91. The minimum absolute atomic E-state index is 0.747. The van der Waals surface area contributed by atoms with Gasteiger partial charge in [-0.1, -0.05) is 12.1 Å². The number of anilines is 1. The van der Waals surface area contributed by atoms with E-state index in [9.17, 15) is 0 Å². The van der Waals surface area contributed by atoms with Crippen LogP contribution in [0.2, 0.25) is 0 Å². The summed E-state index contributed by atoms with van der Waals surface area (Å²) in [6.07, 6.45) is 0. The molecule has 1 aromatic carbocycles. The molecular weight excluding hydrogens is 252 g/mol. The van der Waals surface area contributed by atoms with Crippen molar-refractivity contribution in [1.29, 1.82) is 0 Å². The van der Waals surface area contributed by atoms with Crippen LogP contribution in [0.25, 0.3) is 0 Å². The van der Waals surface area contributed by atoms with Gasteiger partial charge in [0.1, 0.15) is 0 Å². The highest BCUT2D eigenvalue weighted by atomic mass is 16.5. The Bertz CT molecular complexity index is 383. The Hall–Kier alpha value is -1.10. The molecule has 0 fully saturated rings. The molecule has 0 saturated carbocycles. The first-order valence-corrected chi connectivity index (χ1v) is 7.27. The predicted octanol–water partition coefficient (Wildman–Crippen LogP) is 2.20. The summed E-state index contributed by atoms with van der Waals surface area (Å²) >= 11 is 0. The number of nitrogens with one attached hydrogen (secondary N) is 1. The highest BCUT2D eigenvalue weighted by Gasteiger charge is 2.05. The third-order valence-electron chi connectivity index (χ3n) is 3.26. The van der Waals surface area contributed by atoms with Gasteiger partial charge in [0.25, 0.3) is 0 Å². The van der Waals surface area contributed by atoms with Crippen LogP contribution >= 0.6 is 0 Å². The molecule has 0 radical (unpaired) electrons. The topological polar surface area (TPSA) is 33.7 Å². The fourth-order valence-corrected chi connectivity index (χ4v) is 2.13. The van der Waals surface area contributed by atoms with Crippen LogP contribution in [-0.2, 0) is 16.0 Å². The fraction of sp³-hybridized carbons (Fsp3) is 0.625. The van der Waals surface area contributed by atoms with Crippen molar-refractivity contribution in [2.24, 2.45) is 0 Å². The van der Waals surface area contributed by atoms with Crippen LogP contribution < -0.4 is 10.2 Å². The van der Waals surface area contributed by atoms with E-state index >= 15 is 0 Å². The molecule has 0 unspecified atom stereocenters. The molecule has 114 valence electrons. The predicted molar refractivity (Wildman–Crippen MR) is 84.5 cm³/mol. The number of hydrogen-bond donors (Lipinski definition) is 1. The quantitative estimate of drug-likeness (QED) is 0.666. The first kappa shape index (κ1) is 17.0. The van der Waals surface area contributed by atoms with Crippen molar-refractivity contribution in [1.82, 2.24) is 5.32 Å². The fourth-order valence-electron chi connectivity index (χ4n) is 2.13. The summed E-state index contributed by atoms with van der Waals surface area (Å²) in [4.78, 5) is 2.24. The summed E-state index contributed by atoms with van der Waals surface area (Å²) < 4.78 is 10.4. The molecule has 20 heavy (non-hydrogen) atoms. The van der Waals surface area contributed by atoms with Crippen LogP contribution in [0.4, 0.5) is 5.69 Å². The molecule has 0 heterocycles. The molecular formula is C16H28N2O2. The SMILES string of the molecule is CCOCCN(C)c1ccc(CNCCOC)cc1C. The zero-order valence-corrected chi connectivity index (χ0v) is 13.2. The van der Waals surface area contributed by atoms with E-state index in [2.05, 4.69) is 42.4 Å². The molecule has 4 heteroatoms. The van der Waals surface area contributed by atoms with Gasteiger partial charge in [0.15, 0.2) is 0 Å². The highest BCUT2D eigenvalue weighted by molar-refractivity contribution is 5.53. The maximum atomic E-state index is 5.40. The Morgan fingerprint density at radius 2 is 2.05 bits per heavy atom. The molecule has 1 rings (SSSR count). The lowest BCUT2D eigenvalue weighted by Gasteiger charge is -2.22. The number of hydrogen-bond acceptors (Lipinski definition) is 4. The number of ether oxygens (including phenoxy) is 2. The molecule has 0 amide bonds. The zero-order valence-electron chi connectivity index (χ0n) is 13.2. The Kier molecular flexibility index (Phi) is 8.26. The molecule has 1 N–H and O–H groups in total. The van der Waals surface area contributed by atoms with E-state index in [1.165, 1.54) is 16.8 Å². The summed E-state index contributed by atoms with van der Waals surface area (Å²) in [5.41, 5.74) is 3.88. The van der Waals surface area contributed by atoms with E-state index in [0.29, 0.717) is 0 Å². The summed E-state index contributed by atoms with van der Waals surface area (Å²) in [7, 11) is 3.83.